The van der Waals surface area contributed by atoms with Gasteiger partial charge in [-0.2, -0.15) is 0 Å². The minimum Gasteiger partial charge on any atom is -0.393 e. The summed E-state index contributed by atoms with van der Waals surface area (Å²) in [6.07, 6.45) is 6.43. The number of unbranched alkanes of at least 4 members (excludes halogenated alkanes) is 1. The highest BCUT2D eigenvalue weighted by atomic mass is 16.3. The molecule has 2 heteroatoms. The Hall–Kier alpha value is -0.0800. The number of nitrogens with one attached hydrogen (secondary N) is 1. The largest absolute Gasteiger partial charge is 0.393 e. The molecule has 2 unspecified atom stereocenters. The van der Waals surface area contributed by atoms with Gasteiger partial charge in [-0.1, -0.05) is 33.1 Å². The molecule has 0 saturated carbocycles. The summed E-state index contributed by atoms with van der Waals surface area (Å²) < 4.78 is 0. The van der Waals surface area contributed by atoms with Gasteiger partial charge in [0.2, 0.25) is 0 Å². The van der Waals surface area contributed by atoms with Gasteiger partial charge in [0.05, 0.1) is 6.10 Å². The standard InChI is InChI=1S/C11H25NO/c1-4-6-8-11(13)9-10(12-3)7-5-2/h10-13H,4-9H2,1-3H3. The molecule has 0 rings (SSSR count). The fourth-order valence-electron chi connectivity index (χ4n) is 1.61. The zero-order valence-corrected chi connectivity index (χ0v) is 9.34. The van der Waals surface area contributed by atoms with E-state index in [0.717, 1.165) is 19.3 Å². The van der Waals surface area contributed by atoms with Gasteiger partial charge < -0.3 is 10.4 Å². The van der Waals surface area contributed by atoms with Crippen molar-refractivity contribution in [3.8, 4) is 0 Å². The second kappa shape index (κ2) is 8.52. The van der Waals surface area contributed by atoms with Crippen LogP contribution in [-0.2, 0) is 0 Å². The number of rotatable bonds is 8. The monoisotopic (exact) mass is 187 g/mol. The normalized spacial score (nSPS) is 15.7. The molecule has 0 radical (unpaired) electrons. The van der Waals surface area contributed by atoms with Crippen molar-refractivity contribution in [3.63, 3.8) is 0 Å². The molecule has 0 heterocycles. The summed E-state index contributed by atoms with van der Waals surface area (Å²) in [7, 11) is 1.98. The molecular formula is C11H25NO. The molecule has 0 spiro atoms. The zero-order valence-electron chi connectivity index (χ0n) is 9.34. The van der Waals surface area contributed by atoms with Gasteiger partial charge in [-0.15, -0.1) is 0 Å². The molecule has 2 nitrogen and oxygen atoms in total. The SMILES string of the molecule is CCCCC(O)CC(CCC)NC. The molecule has 0 saturated heterocycles. The van der Waals surface area contributed by atoms with Crippen LogP contribution in [0.3, 0.4) is 0 Å². The minimum absolute atomic E-state index is 0.107. The molecule has 13 heavy (non-hydrogen) atoms. The number of hydrogen-bond donors (Lipinski definition) is 2. The van der Waals surface area contributed by atoms with Crippen LogP contribution in [0.25, 0.3) is 0 Å². The van der Waals surface area contributed by atoms with Crippen LogP contribution in [-0.4, -0.2) is 24.3 Å². The van der Waals surface area contributed by atoms with Crippen molar-refractivity contribution < 1.29 is 5.11 Å². The van der Waals surface area contributed by atoms with E-state index in [-0.39, 0.29) is 6.10 Å². The van der Waals surface area contributed by atoms with E-state index >= 15 is 0 Å². The van der Waals surface area contributed by atoms with Crippen molar-refractivity contribution in [1.82, 2.24) is 5.32 Å². The average Bonchev–Trinajstić information content (AvgIpc) is 2.14. The van der Waals surface area contributed by atoms with Crippen molar-refractivity contribution >= 4 is 0 Å². The van der Waals surface area contributed by atoms with E-state index in [1.165, 1.54) is 19.3 Å². The Morgan fingerprint density at radius 3 is 2.31 bits per heavy atom. The topological polar surface area (TPSA) is 32.3 Å². The van der Waals surface area contributed by atoms with Gasteiger partial charge in [0.25, 0.3) is 0 Å². The third kappa shape index (κ3) is 7.03. The van der Waals surface area contributed by atoms with Gasteiger partial charge >= 0.3 is 0 Å². The van der Waals surface area contributed by atoms with E-state index in [1.54, 1.807) is 0 Å². The summed E-state index contributed by atoms with van der Waals surface area (Å²) in [5, 5.41) is 12.9. The molecule has 2 N–H and O–H groups in total. The summed E-state index contributed by atoms with van der Waals surface area (Å²) in [5.41, 5.74) is 0. The number of aliphatic hydroxyl groups is 1. The van der Waals surface area contributed by atoms with E-state index in [1.807, 2.05) is 7.05 Å². The summed E-state index contributed by atoms with van der Waals surface area (Å²) in [4.78, 5) is 0. The molecule has 0 aromatic carbocycles. The Kier molecular flexibility index (Phi) is 8.46. The molecule has 0 amide bonds. The lowest BCUT2D eigenvalue weighted by Crippen LogP contribution is -2.29. The maximum atomic E-state index is 9.67. The van der Waals surface area contributed by atoms with E-state index in [4.69, 9.17) is 0 Å². The third-order valence-electron chi connectivity index (χ3n) is 2.49. The lowest BCUT2D eigenvalue weighted by atomic mass is 10.0. The van der Waals surface area contributed by atoms with Crippen molar-refractivity contribution in [2.24, 2.45) is 0 Å². The first-order chi connectivity index (χ1) is 6.24. The lowest BCUT2D eigenvalue weighted by molar-refractivity contribution is 0.136. The highest BCUT2D eigenvalue weighted by Gasteiger charge is 2.11. The minimum atomic E-state index is -0.107. The van der Waals surface area contributed by atoms with Crippen LogP contribution >= 0.6 is 0 Å². The Labute approximate surface area is 82.7 Å². The molecule has 0 aliphatic carbocycles. The van der Waals surface area contributed by atoms with Crippen LogP contribution in [0, 0.1) is 0 Å². The average molecular weight is 187 g/mol. The molecule has 0 fully saturated rings. The van der Waals surface area contributed by atoms with E-state index < -0.39 is 0 Å². The maximum Gasteiger partial charge on any atom is 0.0555 e. The van der Waals surface area contributed by atoms with Crippen molar-refractivity contribution in [1.29, 1.82) is 0 Å². The van der Waals surface area contributed by atoms with Gasteiger partial charge in [0.1, 0.15) is 0 Å². The second-order valence-corrected chi connectivity index (χ2v) is 3.81. The van der Waals surface area contributed by atoms with E-state index in [9.17, 15) is 5.11 Å². The van der Waals surface area contributed by atoms with E-state index in [2.05, 4.69) is 19.2 Å². The molecule has 0 bridgehead atoms. The first kappa shape index (κ1) is 12.9. The highest BCUT2D eigenvalue weighted by molar-refractivity contribution is 4.69. The van der Waals surface area contributed by atoms with Crippen LogP contribution in [0.15, 0.2) is 0 Å². The van der Waals surface area contributed by atoms with Gasteiger partial charge in [-0.3, -0.25) is 0 Å². The number of aliphatic hydroxyl groups excluding tert-OH is 1. The smallest absolute Gasteiger partial charge is 0.0555 e. The molecule has 0 aromatic rings. The predicted molar refractivity (Wildman–Crippen MR) is 57.9 cm³/mol. The molecule has 0 aliphatic rings. The van der Waals surface area contributed by atoms with Crippen LogP contribution in [0.4, 0.5) is 0 Å². The van der Waals surface area contributed by atoms with Gasteiger partial charge in [0.15, 0.2) is 0 Å². The first-order valence-electron chi connectivity index (χ1n) is 5.59. The molecule has 0 aliphatic heterocycles. The Morgan fingerprint density at radius 1 is 1.15 bits per heavy atom. The summed E-state index contributed by atoms with van der Waals surface area (Å²) in [5.74, 6) is 0. The lowest BCUT2D eigenvalue weighted by Gasteiger charge is -2.18. The fraction of sp³-hybridized carbons (Fsp3) is 1.00. The Balaban J connectivity index is 3.53. The molecule has 80 valence electrons. The van der Waals surface area contributed by atoms with Gasteiger partial charge in [0, 0.05) is 6.04 Å². The van der Waals surface area contributed by atoms with Crippen LogP contribution in [0.5, 0.6) is 0 Å². The van der Waals surface area contributed by atoms with Crippen molar-refractivity contribution in [2.75, 3.05) is 7.05 Å². The first-order valence-corrected chi connectivity index (χ1v) is 5.59. The maximum absolute atomic E-state index is 9.67. The second-order valence-electron chi connectivity index (χ2n) is 3.81. The molecular weight excluding hydrogens is 162 g/mol. The zero-order chi connectivity index (χ0) is 10.1. The molecule has 2 atom stereocenters. The highest BCUT2D eigenvalue weighted by Crippen LogP contribution is 2.10. The van der Waals surface area contributed by atoms with Crippen LogP contribution < -0.4 is 5.32 Å². The van der Waals surface area contributed by atoms with E-state index in [0.29, 0.717) is 6.04 Å². The van der Waals surface area contributed by atoms with Gasteiger partial charge in [-0.25, -0.2) is 0 Å². The predicted octanol–water partition coefficient (Wildman–Crippen LogP) is 2.32. The Morgan fingerprint density at radius 2 is 1.85 bits per heavy atom. The fourth-order valence-corrected chi connectivity index (χ4v) is 1.61. The number of hydrogen-bond acceptors (Lipinski definition) is 2. The molecule has 0 aromatic heterocycles. The van der Waals surface area contributed by atoms with Crippen LogP contribution in [0.2, 0.25) is 0 Å². The summed E-state index contributed by atoms with van der Waals surface area (Å²) in [6.45, 7) is 4.34. The summed E-state index contributed by atoms with van der Waals surface area (Å²) >= 11 is 0. The third-order valence-corrected chi connectivity index (χ3v) is 2.49. The van der Waals surface area contributed by atoms with Crippen molar-refractivity contribution in [2.45, 2.75) is 64.5 Å². The van der Waals surface area contributed by atoms with Crippen LogP contribution in [0.1, 0.15) is 52.4 Å². The van der Waals surface area contributed by atoms with Gasteiger partial charge in [-0.05, 0) is 26.3 Å². The Bertz CT molecular complexity index is 106. The van der Waals surface area contributed by atoms with Crippen molar-refractivity contribution in [3.05, 3.63) is 0 Å². The quantitative estimate of drug-likeness (QED) is 0.611. The summed E-state index contributed by atoms with van der Waals surface area (Å²) in [6, 6.07) is 0.497.